The van der Waals surface area contributed by atoms with Gasteiger partial charge in [-0.3, -0.25) is 0 Å². The molecule has 3 heteroatoms. The highest BCUT2D eigenvalue weighted by atomic mass is 16.5. The lowest BCUT2D eigenvalue weighted by atomic mass is 9.85. The van der Waals surface area contributed by atoms with Crippen LogP contribution >= 0.6 is 0 Å². The molecule has 0 aliphatic heterocycles. The summed E-state index contributed by atoms with van der Waals surface area (Å²) in [5.41, 5.74) is 7.01. The minimum atomic E-state index is 0.0374. The van der Waals surface area contributed by atoms with E-state index in [9.17, 15) is 0 Å². The quantitative estimate of drug-likeness (QED) is 0.896. The van der Waals surface area contributed by atoms with Gasteiger partial charge in [-0.25, -0.2) is 0 Å². The van der Waals surface area contributed by atoms with Gasteiger partial charge in [0.25, 0.3) is 0 Å². The maximum atomic E-state index is 6.04. The van der Waals surface area contributed by atoms with Crippen LogP contribution in [0.1, 0.15) is 39.2 Å². The molecule has 1 aromatic carbocycles. The predicted molar refractivity (Wildman–Crippen MR) is 73.3 cm³/mol. The first-order valence-electron chi connectivity index (χ1n) is 6.51. The van der Waals surface area contributed by atoms with E-state index in [1.54, 1.807) is 7.11 Å². The Morgan fingerprint density at radius 3 is 2.39 bits per heavy atom. The van der Waals surface area contributed by atoms with Gasteiger partial charge in [-0.15, -0.1) is 0 Å². The van der Waals surface area contributed by atoms with Crippen molar-refractivity contribution >= 4 is 0 Å². The third-order valence-electron chi connectivity index (χ3n) is 3.42. The number of hydrogen-bond acceptors (Lipinski definition) is 3. The SMILES string of the molecule is COc1ccc(OC2CC(N)C2)c(C(C)(C)C)c1. The summed E-state index contributed by atoms with van der Waals surface area (Å²) < 4.78 is 11.3. The van der Waals surface area contributed by atoms with Gasteiger partial charge in [-0.1, -0.05) is 20.8 Å². The second-order valence-corrected chi connectivity index (χ2v) is 6.08. The summed E-state index contributed by atoms with van der Waals surface area (Å²) in [6.45, 7) is 6.55. The fourth-order valence-corrected chi connectivity index (χ4v) is 2.21. The van der Waals surface area contributed by atoms with E-state index in [0.29, 0.717) is 6.04 Å². The molecule has 0 spiro atoms. The van der Waals surface area contributed by atoms with E-state index in [0.717, 1.165) is 24.3 Å². The Morgan fingerprint density at radius 1 is 1.22 bits per heavy atom. The highest BCUT2D eigenvalue weighted by Crippen LogP contribution is 2.36. The van der Waals surface area contributed by atoms with Gasteiger partial charge >= 0.3 is 0 Å². The van der Waals surface area contributed by atoms with E-state index in [-0.39, 0.29) is 11.5 Å². The van der Waals surface area contributed by atoms with Crippen LogP contribution in [0.3, 0.4) is 0 Å². The van der Waals surface area contributed by atoms with Crippen molar-refractivity contribution in [3.63, 3.8) is 0 Å². The Balaban J connectivity index is 2.22. The topological polar surface area (TPSA) is 44.5 Å². The smallest absolute Gasteiger partial charge is 0.123 e. The van der Waals surface area contributed by atoms with Gasteiger partial charge in [-0.2, -0.15) is 0 Å². The Kier molecular flexibility index (Phi) is 3.53. The number of ether oxygens (including phenoxy) is 2. The standard InChI is InChI=1S/C15H23NO2/c1-15(2,3)13-9-11(17-4)5-6-14(13)18-12-7-10(16)8-12/h5-6,9-10,12H,7-8,16H2,1-4H3. The summed E-state index contributed by atoms with van der Waals surface area (Å²) >= 11 is 0. The van der Waals surface area contributed by atoms with Gasteiger partial charge in [0.2, 0.25) is 0 Å². The van der Waals surface area contributed by atoms with E-state index >= 15 is 0 Å². The van der Waals surface area contributed by atoms with Gasteiger partial charge < -0.3 is 15.2 Å². The van der Waals surface area contributed by atoms with Crippen molar-refractivity contribution in [1.82, 2.24) is 0 Å². The average Bonchev–Trinajstić information content (AvgIpc) is 2.26. The fourth-order valence-electron chi connectivity index (χ4n) is 2.21. The van der Waals surface area contributed by atoms with E-state index in [1.807, 2.05) is 12.1 Å². The third kappa shape index (κ3) is 2.78. The number of methoxy groups -OCH3 is 1. The van der Waals surface area contributed by atoms with E-state index in [2.05, 4.69) is 26.8 Å². The molecule has 0 saturated heterocycles. The number of hydrogen-bond donors (Lipinski definition) is 1. The lowest BCUT2D eigenvalue weighted by Crippen LogP contribution is -2.43. The third-order valence-corrected chi connectivity index (χ3v) is 3.42. The molecule has 1 aromatic rings. The van der Waals surface area contributed by atoms with Crippen molar-refractivity contribution in [2.45, 2.75) is 51.2 Å². The molecule has 0 unspecified atom stereocenters. The molecule has 1 aliphatic carbocycles. The molecule has 0 atom stereocenters. The highest BCUT2D eigenvalue weighted by Gasteiger charge is 2.29. The summed E-state index contributed by atoms with van der Waals surface area (Å²) in [7, 11) is 1.69. The molecule has 2 N–H and O–H groups in total. The molecule has 1 aliphatic rings. The lowest BCUT2D eigenvalue weighted by Gasteiger charge is -2.34. The molecule has 0 heterocycles. The Morgan fingerprint density at radius 2 is 1.89 bits per heavy atom. The molecule has 3 nitrogen and oxygen atoms in total. The first-order valence-corrected chi connectivity index (χ1v) is 6.51. The molecule has 1 saturated carbocycles. The largest absolute Gasteiger partial charge is 0.497 e. The van der Waals surface area contributed by atoms with Crippen LogP contribution < -0.4 is 15.2 Å². The molecule has 0 amide bonds. The number of nitrogens with two attached hydrogens (primary N) is 1. The summed E-state index contributed by atoms with van der Waals surface area (Å²) in [5, 5.41) is 0. The van der Waals surface area contributed by atoms with E-state index in [4.69, 9.17) is 15.2 Å². The molecule has 100 valence electrons. The van der Waals surface area contributed by atoms with Gasteiger partial charge in [0, 0.05) is 11.6 Å². The fraction of sp³-hybridized carbons (Fsp3) is 0.600. The summed E-state index contributed by atoms with van der Waals surface area (Å²) in [4.78, 5) is 0. The van der Waals surface area contributed by atoms with Crippen molar-refractivity contribution in [3.05, 3.63) is 23.8 Å². The normalized spacial score (nSPS) is 23.4. The van der Waals surface area contributed by atoms with Crippen LogP contribution in [-0.4, -0.2) is 19.3 Å². The minimum absolute atomic E-state index is 0.0374. The predicted octanol–water partition coefficient (Wildman–Crippen LogP) is 2.86. The van der Waals surface area contributed by atoms with Crippen molar-refractivity contribution in [2.24, 2.45) is 5.73 Å². The first kappa shape index (κ1) is 13.2. The van der Waals surface area contributed by atoms with E-state index in [1.165, 1.54) is 5.56 Å². The van der Waals surface area contributed by atoms with Crippen molar-refractivity contribution < 1.29 is 9.47 Å². The zero-order valence-electron chi connectivity index (χ0n) is 11.7. The van der Waals surface area contributed by atoms with Gasteiger partial charge in [0.05, 0.1) is 7.11 Å². The van der Waals surface area contributed by atoms with Crippen molar-refractivity contribution in [3.8, 4) is 11.5 Å². The highest BCUT2D eigenvalue weighted by molar-refractivity contribution is 5.44. The molecular formula is C15H23NO2. The molecule has 0 aromatic heterocycles. The van der Waals surface area contributed by atoms with Crippen LogP contribution in [0.25, 0.3) is 0 Å². The lowest BCUT2D eigenvalue weighted by molar-refractivity contribution is 0.0986. The van der Waals surface area contributed by atoms with Gasteiger partial charge in [-0.05, 0) is 36.5 Å². The maximum Gasteiger partial charge on any atom is 0.123 e. The first-order chi connectivity index (χ1) is 8.40. The molecule has 0 bridgehead atoms. The van der Waals surface area contributed by atoms with Crippen molar-refractivity contribution in [1.29, 1.82) is 0 Å². The van der Waals surface area contributed by atoms with Crippen LogP contribution in [0, 0.1) is 0 Å². The maximum absolute atomic E-state index is 6.04. The second kappa shape index (κ2) is 4.81. The van der Waals surface area contributed by atoms with Gasteiger partial charge in [0.15, 0.2) is 0 Å². The van der Waals surface area contributed by atoms with E-state index < -0.39 is 0 Å². The Hall–Kier alpha value is -1.22. The summed E-state index contributed by atoms with van der Waals surface area (Å²) in [6, 6.07) is 6.33. The number of rotatable bonds is 3. The van der Waals surface area contributed by atoms with Crippen LogP contribution in [0.2, 0.25) is 0 Å². The molecule has 18 heavy (non-hydrogen) atoms. The summed E-state index contributed by atoms with van der Waals surface area (Å²) in [6.07, 6.45) is 2.18. The van der Waals surface area contributed by atoms with Crippen LogP contribution in [0.5, 0.6) is 11.5 Å². The Labute approximate surface area is 109 Å². The Bertz CT molecular complexity index is 417. The zero-order chi connectivity index (χ0) is 13.3. The average molecular weight is 249 g/mol. The van der Waals surface area contributed by atoms with Gasteiger partial charge in [0.1, 0.15) is 17.6 Å². The van der Waals surface area contributed by atoms with Crippen molar-refractivity contribution in [2.75, 3.05) is 7.11 Å². The van der Waals surface area contributed by atoms with Crippen LogP contribution in [-0.2, 0) is 5.41 Å². The molecule has 2 rings (SSSR count). The minimum Gasteiger partial charge on any atom is -0.497 e. The monoisotopic (exact) mass is 249 g/mol. The zero-order valence-corrected chi connectivity index (χ0v) is 11.7. The number of benzene rings is 1. The second-order valence-electron chi connectivity index (χ2n) is 6.08. The molecule has 1 fully saturated rings. The summed E-state index contributed by atoms with van der Waals surface area (Å²) in [5.74, 6) is 1.83. The van der Waals surface area contributed by atoms with Crippen LogP contribution in [0.15, 0.2) is 18.2 Å². The molecular weight excluding hydrogens is 226 g/mol. The van der Waals surface area contributed by atoms with Crippen LogP contribution in [0.4, 0.5) is 0 Å². The molecule has 0 radical (unpaired) electrons.